The molecule has 124 valence electrons. The van der Waals surface area contributed by atoms with E-state index in [0.717, 1.165) is 18.7 Å². The highest BCUT2D eigenvalue weighted by molar-refractivity contribution is 5.85. The lowest BCUT2D eigenvalue weighted by Crippen LogP contribution is -2.29. The number of likely N-dealkylation sites (tertiary alicyclic amines) is 1. The molecule has 2 rings (SSSR count). The number of methoxy groups -OCH3 is 1. The molecule has 0 spiro atoms. The minimum atomic E-state index is 0. The second kappa shape index (κ2) is 10.5. The molecule has 0 atom stereocenters. The lowest BCUT2D eigenvalue weighted by atomic mass is 10.1. The van der Waals surface area contributed by atoms with Crippen LogP contribution in [-0.4, -0.2) is 37.6 Å². The average Bonchev–Trinajstić information content (AvgIpc) is 2.52. The Hall–Kier alpha value is -1.26. The number of piperidine rings is 1. The standard InChI is InChI=1S/C17H26N2O2.ClH/c1-20-17(18)9-6-12-21-16-8-5-7-15(13-16)14-19-10-3-2-4-11-19;/h5,7-8,13,18H,2-4,6,9-12,14H2,1H3;1H. The molecule has 5 heteroatoms. The Balaban J connectivity index is 0.00000242. The molecule has 1 saturated heterocycles. The van der Waals surface area contributed by atoms with E-state index in [1.165, 1.54) is 45.0 Å². The number of rotatable bonds is 7. The van der Waals surface area contributed by atoms with Gasteiger partial charge in [0, 0.05) is 13.0 Å². The van der Waals surface area contributed by atoms with E-state index in [-0.39, 0.29) is 12.4 Å². The predicted molar refractivity (Wildman–Crippen MR) is 92.3 cm³/mol. The maximum absolute atomic E-state index is 7.41. The molecule has 0 saturated carbocycles. The van der Waals surface area contributed by atoms with E-state index in [2.05, 4.69) is 23.1 Å². The van der Waals surface area contributed by atoms with Gasteiger partial charge in [-0.3, -0.25) is 10.3 Å². The van der Waals surface area contributed by atoms with Crippen LogP contribution in [0.3, 0.4) is 0 Å². The Morgan fingerprint density at radius 1 is 1.23 bits per heavy atom. The molecule has 1 aliphatic heterocycles. The Kier molecular flexibility index (Phi) is 8.94. The molecule has 0 radical (unpaired) electrons. The number of hydrogen-bond donors (Lipinski definition) is 1. The molecule has 0 unspecified atom stereocenters. The number of nitrogens with zero attached hydrogens (tertiary/aromatic N) is 1. The van der Waals surface area contributed by atoms with Crippen molar-refractivity contribution in [3.05, 3.63) is 29.8 Å². The van der Waals surface area contributed by atoms with Crippen molar-refractivity contribution in [3.8, 4) is 5.75 Å². The molecule has 0 amide bonds. The highest BCUT2D eigenvalue weighted by Gasteiger charge is 2.10. The van der Waals surface area contributed by atoms with Gasteiger partial charge in [-0.15, -0.1) is 12.4 Å². The average molecular weight is 327 g/mol. The minimum Gasteiger partial charge on any atom is -0.494 e. The Morgan fingerprint density at radius 2 is 2.00 bits per heavy atom. The number of benzene rings is 1. The van der Waals surface area contributed by atoms with Crippen molar-refractivity contribution in [2.24, 2.45) is 0 Å². The van der Waals surface area contributed by atoms with Crippen molar-refractivity contribution >= 4 is 18.3 Å². The minimum absolute atomic E-state index is 0. The van der Waals surface area contributed by atoms with Gasteiger partial charge in [0.05, 0.1) is 13.7 Å². The summed E-state index contributed by atoms with van der Waals surface area (Å²) < 4.78 is 10.6. The summed E-state index contributed by atoms with van der Waals surface area (Å²) >= 11 is 0. The first-order valence-corrected chi connectivity index (χ1v) is 7.83. The summed E-state index contributed by atoms with van der Waals surface area (Å²) in [5.41, 5.74) is 1.32. The second-order valence-electron chi connectivity index (χ2n) is 5.56. The van der Waals surface area contributed by atoms with E-state index >= 15 is 0 Å². The van der Waals surface area contributed by atoms with Crippen molar-refractivity contribution in [1.82, 2.24) is 4.90 Å². The first-order valence-electron chi connectivity index (χ1n) is 7.83. The number of ether oxygens (including phenoxy) is 2. The van der Waals surface area contributed by atoms with E-state index < -0.39 is 0 Å². The van der Waals surface area contributed by atoms with Gasteiger partial charge in [0.15, 0.2) is 5.90 Å². The topological polar surface area (TPSA) is 45.6 Å². The third-order valence-corrected chi connectivity index (χ3v) is 3.82. The third kappa shape index (κ3) is 6.67. The maximum atomic E-state index is 7.41. The highest BCUT2D eigenvalue weighted by Crippen LogP contribution is 2.17. The SMILES string of the molecule is COC(=N)CCCOc1cccc(CN2CCCCC2)c1.Cl. The quantitative estimate of drug-likeness (QED) is 0.470. The summed E-state index contributed by atoms with van der Waals surface area (Å²) in [4.78, 5) is 2.52. The van der Waals surface area contributed by atoms with Crippen LogP contribution in [0.4, 0.5) is 0 Å². The molecule has 1 fully saturated rings. The van der Waals surface area contributed by atoms with Crippen molar-refractivity contribution in [2.45, 2.75) is 38.6 Å². The molecular formula is C17H27ClN2O2. The van der Waals surface area contributed by atoms with Crippen LogP contribution in [0.15, 0.2) is 24.3 Å². The molecule has 1 N–H and O–H groups in total. The molecule has 1 aliphatic rings. The first-order chi connectivity index (χ1) is 10.3. The van der Waals surface area contributed by atoms with E-state index in [0.29, 0.717) is 18.9 Å². The number of nitrogens with one attached hydrogen (secondary N) is 1. The summed E-state index contributed by atoms with van der Waals surface area (Å²) in [7, 11) is 1.53. The van der Waals surface area contributed by atoms with Crippen molar-refractivity contribution in [2.75, 3.05) is 26.8 Å². The number of hydrogen-bond acceptors (Lipinski definition) is 4. The van der Waals surface area contributed by atoms with Crippen LogP contribution < -0.4 is 4.74 Å². The third-order valence-electron chi connectivity index (χ3n) is 3.82. The van der Waals surface area contributed by atoms with Crippen molar-refractivity contribution < 1.29 is 9.47 Å². The van der Waals surface area contributed by atoms with Crippen LogP contribution in [0.25, 0.3) is 0 Å². The summed E-state index contributed by atoms with van der Waals surface area (Å²) in [5.74, 6) is 1.24. The Bertz CT molecular complexity index is 448. The summed E-state index contributed by atoms with van der Waals surface area (Å²) in [5, 5.41) is 7.41. The van der Waals surface area contributed by atoms with E-state index in [4.69, 9.17) is 14.9 Å². The highest BCUT2D eigenvalue weighted by atomic mass is 35.5. The molecule has 0 aromatic heterocycles. The Labute approximate surface area is 139 Å². The molecular weight excluding hydrogens is 300 g/mol. The van der Waals surface area contributed by atoms with Gasteiger partial charge >= 0.3 is 0 Å². The van der Waals surface area contributed by atoms with Gasteiger partial charge in [0.25, 0.3) is 0 Å². The smallest absolute Gasteiger partial charge is 0.180 e. The van der Waals surface area contributed by atoms with Crippen LogP contribution in [0.5, 0.6) is 5.75 Å². The molecule has 1 aromatic rings. The van der Waals surface area contributed by atoms with Gasteiger partial charge in [0.2, 0.25) is 0 Å². The zero-order chi connectivity index (χ0) is 14.9. The van der Waals surface area contributed by atoms with Gasteiger partial charge in [0.1, 0.15) is 5.75 Å². The lowest BCUT2D eigenvalue weighted by molar-refractivity contribution is 0.220. The van der Waals surface area contributed by atoms with Crippen LogP contribution >= 0.6 is 12.4 Å². The fourth-order valence-electron chi connectivity index (χ4n) is 2.63. The van der Waals surface area contributed by atoms with Gasteiger partial charge in [-0.25, -0.2) is 0 Å². The molecule has 22 heavy (non-hydrogen) atoms. The Morgan fingerprint density at radius 3 is 2.73 bits per heavy atom. The van der Waals surface area contributed by atoms with E-state index in [9.17, 15) is 0 Å². The molecule has 0 aliphatic carbocycles. The van der Waals surface area contributed by atoms with E-state index in [1.807, 2.05) is 6.07 Å². The monoisotopic (exact) mass is 326 g/mol. The molecule has 1 aromatic carbocycles. The summed E-state index contributed by atoms with van der Waals surface area (Å²) in [6, 6.07) is 8.37. The predicted octanol–water partition coefficient (Wildman–Crippen LogP) is 3.88. The molecule has 4 nitrogen and oxygen atoms in total. The normalized spacial score (nSPS) is 15.0. The van der Waals surface area contributed by atoms with Crippen LogP contribution in [0.1, 0.15) is 37.7 Å². The lowest BCUT2D eigenvalue weighted by Gasteiger charge is -2.26. The molecule has 0 bridgehead atoms. The van der Waals surface area contributed by atoms with Crippen LogP contribution in [-0.2, 0) is 11.3 Å². The van der Waals surface area contributed by atoms with Crippen LogP contribution in [0, 0.1) is 5.41 Å². The van der Waals surface area contributed by atoms with Crippen LogP contribution in [0.2, 0.25) is 0 Å². The fraction of sp³-hybridized carbons (Fsp3) is 0.588. The fourth-order valence-corrected chi connectivity index (χ4v) is 2.63. The largest absolute Gasteiger partial charge is 0.494 e. The van der Waals surface area contributed by atoms with Gasteiger partial charge in [-0.1, -0.05) is 18.6 Å². The second-order valence-corrected chi connectivity index (χ2v) is 5.56. The van der Waals surface area contributed by atoms with Crippen molar-refractivity contribution in [3.63, 3.8) is 0 Å². The zero-order valence-corrected chi connectivity index (χ0v) is 14.2. The van der Waals surface area contributed by atoms with E-state index in [1.54, 1.807) is 0 Å². The van der Waals surface area contributed by atoms with Gasteiger partial charge in [-0.05, 0) is 50.0 Å². The van der Waals surface area contributed by atoms with Gasteiger partial charge < -0.3 is 9.47 Å². The van der Waals surface area contributed by atoms with Crippen molar-refractivity contribution in [1.29, 1.82) is 5.41 Å². The van der Waals surface area contributed by atoms with Gasteiger partial charge in [-0.2, -0.15) is 0 Å². The maximum Gasteiger partial charge on any atom is 0.180 e. The summed E-state index contributed by atoms with van der Waals surface area (Å²) in [6.45, 7) is 4.07. The molecule has 1 heterocycles. The summed E-state index contributed by atoms with van der Waals surface area (Å²) in [6.07, 6.45) is 5.45. The first kappa shape index (κ1) is 18.8. The number of halogens is 1. The zero-order valence-electron chi connectivity index (χ0n) is 13.3.